The van der Waals surface area contributed by atoms with Crippen LogP contribution in [0, 0.1) is 0 Å². The Labute approximate surface area is 328 Å². The van der Waals surface area contributed by atoms with Crippen molar-refractivity contribution >= 4 is 25.7 Å². The first-order valence-electron chi connectivity index (χ1n) is 21.4. The highest BCUT2D eigenvalue weighted by molar-refractivity contribution is 7.47. The molecule has 0 aliphatic carbocycles. The van der Waals surface area contributed by atoms with Gasteiger partial charge in [-0.25, -0.2) is 4.57 Å². The fourth-order valence-electron chi connectivity index (χ4n) is 5.76. The number of carboxylic acid groups (broad SMARTS) is 1. The lowest BCUT2D eigenvalue weighted by Gasteiger charge is -2.20. The third-order valence-corrected chi connectivity index (χ3v) is 10.1. The third kappa shape index (κ3) is 36.9. The van der Waals surface area contributed by atoms with Gasteiger partial charge in [0, 0.05) is 12.8 Å². The van der Waals surface area contributed by atoms with Crippen LogP contribution in [0.2, 0.25) is 0 Å². The van der Waals surface area contributed by atoms with Gasteiger partial charge in [0.05, 0.1) is 13.2 Å². The average molecular weight is 788 g/mol. The molecule has 0 saturated heterocycles. The minimum absolute atomic E-state index is 0.157. The van der Waals surface area contributed by atoms with Crippen molar-refractivity contribution in [2.75, 3.05) is 19.8 Å². The Hall–Kier alpha value is -2.04. The molecule has 12 heteroatoms. The van der Waals surface area contributed by atoms with Gasteiger partial charge in [-0.05, 0) is 64.2 Å². The van der Waals surface area contributed by atoms with Gasteiger partial charge in [0.15, 0.2) is 6.10 Å². The van der Waals surface area contributed by atoms with Crippen LogP contribution in [0.4, 0.5) is 0 Å². The molecular formula is C42H78NO10P. The van der Waals surface area contributed by atoms with Crippen LogP contribution in [-0.2, 0) is 37.5 Å². The summed E-state index contributed by atoms with van der Waals surface area (Å²) >= 11 is 0. The van der Waals surface area contributed by atoms with Crippen LogP contribution in [0.15, 0.2) is 24.3 Å². The predicted molar refractivity (Wildman–Crippen MR) is 217 cm³/mol. The van der Waals surface area contributed by atoms with Gasteiger partial charge in [-0.3, -0.25) is 23.4 Å². The summed E-state index contributed by atoms with van der Waals surface area (Å²) in [6.45, 7) is 2.77. The van der Waals surface area contributed by atoms with E-state index in [-0.39, 0.29) is 19.4 Å². The number of esters is 2. The molecule has 0 saturated carbocycles. The summed E-state index contributed by atoms with van der Waals surface area (Å²) in [5, 5.41) is 8.88. The van der Waals surface area contributed by atoms with Gasteiger partial charge in [0.1, 0.15) is 12.6 Å². The van der Waals surface area contributed by atoms with Crippen LogP contribution in [-0.4, -0.2) is 59.9 Å². The van der Waals surface area contributed by atoms with Crippen molar-refractivity contribution in [3.8, 4) is 0 Å². The van der Waals surface area contributed by atoms with Gasteiger partial charge in [0.25, 0.3) is 0 Å². The molecule has 54 heavy (non-hydrogen) atoms. The van der Waals surface area contributed by atoms with Crippen LogP contribution in [0.25, 0.3) is 0 Å². The standard InChI is InChI=1S/C42H78NO10P/c1-3-5-7-9-11-13-15-17-18-19-20-22-24-26-28-30-32-34-41(45)53-38(36-51-54(48,49)52-37-39(43)42(46)47)35-50-40(44)33-31-29-27-25-23-21-16-14-12-10-8-6-4-2/h13,15,21,23,38-39H,3-12,14,16-20,22,24-37,43H2,1-2H3,(H,46,47)(H,48,49)/b15-13+,23-21+/t38-,39+/m1/s1. The number of hydrogen-bond acceptors (Lipinski definition) is 9. The fraction of sp³-hybridized carbons (Fsp3) is 0.833. The Balaban J connectivity index is 4.38. The maximum Gasteiger partial charge on any atom is 0.472 e. The number of hydrogen-bond donors (Lipinski definition) is 3. The van der Waals surface area contributed by atoms with Crippen LogP contribution in [0.1, 0.15) is 194 Å². The number of nitrogens with two attached hydrogens (primary N) is 1. The molecule has 0 bridgehead atoms. The first-order chi connectivity index (χ1) is 26.1. The normalized spacial score (nSPS) is 14.0. The van der Waals surface area contributed by atoms with E-state index in [0.717, 1.165) is 44.9 Å². The van der Waals surface area contributed by atoms with Gasteiger partial charge in [-0.1, -0.05) is 141 Å². The lowest BCUT2D eigenvalue weighted by atomic mass is 10.1. The van der Waals surface area contributed by atoms with E-state index in [1.807, 2.05) is 0 Å². The number of phosphoric acid groups is 1. The van der Waals surface area contributed by atoms with Gasteiger partial charge in [0.2, 0.25) is 0 Å². The predicted octanol–water partition coefficient (Wildman–Crippen LogP) is 11.1. The number of carbonyl (C=O) groups excluding carboxylic acids is 2. The van der Waals surface area contributed by atoms with Gasteiger partial charge in [-0.15, -0.1) is 0 Å². The van der Waals surface area contributed by atoms with Crippen molar-refractivity contribution in [2.24, 2.45) is 5.73 Å². The number of phosphoric ester groups is 1. The molecule has 0 heterocycles. The zero-order valence-corrected chi connectivity index (χ0v) is 35.0. The monoisotopic (exact) mass is 788 g/mol. The molecule has 0 aromatic carbocycles. The molecule has 0 amide bonds. The molecule has 11 nitrogen and oxygen atoms in total. The highest BCUT2D eigenvalue weighted by atomic mass is 31.2. The molecular weight excluding hydrogens is 709 g/mol. The van der Waals surface area contributed by atoms with Crippen molar-refractivity contribution in [1.29, 1.82) is 0 Å². The highest BCUT2D eigenvalue weighted by Gasteiger charge is 2.28. The molecule has 0 fully saturated rings. The average Bonchev–Trinajstić information content (AvgIpc) is 3.14. The van der Waals surface area contributed by atoms with E-state index in [2.05, 4.69) is 42.7 Å². The van der Waals surface area contributed by atoms with E-state index >= 15 is 0 Å². The number of rotatable bonds is 40. The SMILES string of the molecule is CCCCCC/C=C/CCCCCCCCCCCC(=O)O[C@H](COC(=O)CCCCC/C=C/CCCCCCCC)COP(=O)(O)OC[C@H](N)C(=O)O. The Morgan fingerprint density at radius 2 is 0.926 bits per heavy atom. The summed E-state index contributed by atoms with van der Waals surface area (Å²) in [7, 11) is -4.71. The smallest absolute Gasteiger partial charge is 0.472 e. The molecule has 0 aliphatic heterocycles. The highest BCUT2D eigenvalue weighted by Crippen LogP contribution is 2.43. The maximum absolute atomic E-state index is 12.6. The van der Waals surface area contributed by atoms with E-state index in [9.17, 15) is 23.8 Å². The van der Waals surface area contributed by atoms with Gasteiger partial charge in [-0.2, -0.15) is 0 Å². The number of unbranched alkanes of at least 4 members (excludes halogenated alkanes) is 22. The third-order valence-electron chi connectivity index (χ3n) is 9.17. The Morgan fingerprint density at radius 1 is 0.556 bits per heavy atom. The van der Waals surface area contributed by atoms with Crippen LogP contribution in [0.5, 0.6) is 0 Å². The summed E-state index contributed by atoms with van der Waals surface area (Å²) in [5.74, 6) is -2.40. The molecule has 316 valence electrons. The van der Waals surface area contributed by atoms with Crippen LogP contribution < -0.4 is 5.73 Å². The Kier molecular flexibility index (Phi) is 36.4. The number of aliphatic carboxylic acids is 1. The minimum Gasteiger partial charge on any atom is -0.480 e. The van der Waals surface area contributed by atoms with Crippen molar-refractivity contribution in [1.82, 2.24) is 0 Å². The first kappa shape index (κ1) is 52.0. The van der Waals surface area contributed by atoms with Crippen molar-refractivity contribution < 1.29 is 47.5 Å². The first-order valence-corrected chi connectivity index (χ1v) is 22.9. The zero-order valence-electron chi connectivity index (χ0n) is 34.1. The summed E-state index contributed by atoms with van der Waals surface area (Å²) in [4.78, 5) is 45.9. The van der Waals surface area contributed by atoms with Crippen molar-refractivity contribution in [3.63, 3.8) is 0 Å². The lowest BCUT2D eigenvalue weighted by Crippen LogP contribution is -2.34. The van der Waals surface area contributed by atoms with Crippen molar-refractivity contribution in [2.45, 2.75) is 206 Å². The second kappa shape index (κ2) is 37.9. The lowest BCUT2D eigenvalue weighted by molar-refractivity contribution is -0.161. The molecule has 0 aromatic rings. The number of ether oxygens (including phenoxy) is 2. The fourth-order valence-corrected chi connectivity index (χ4v) is 6.54. The molecule has 0 rings (SSSR count). The number of carbonyl (C=O) groups is 3. The molecule has 0 spiro atoms. The summed E-state index contributed by atoms with van der Waals surface area (Å²) in [6, 6.07) is -1.52. The number of allylic oxidation sites excluding steroid dienone is 4. The maximum atomic E-state index is 12.6. The zero-order chi connectivity index (χ0) is 40.0. The molecule has 4 N–H and O–H groups in total. The van der Waals surface area contributed by atoms with Crippen molar-refractivity contribution in [3.05, 3.63) is 24.3 Å². The Bertz CT molecular complexity index is 1020. The van der Waals surface area contributed by atoms with Crippen LogP contribution in [0.3, 0.4) is 0 Å². The molecule has 0 aliphatic rings. The van der Waals surface area contributed by atoms with E-state index in [1.54, 1.807) is 0 Å². The van der Waals surface area contributed by atoms with E-state index in [4.69, 9.17) is 24.8 Å². The largest absolute Gasteiger partial charge is 0.480 e. The van der Waals surface area contributed by atoms with E-state index in [1.165, 1.54) is 109 Å². The number of carboxylic acids is 1. The summed E-state index contributed by atoms with van der Waals surface area (Å²) in [5.41, 5.74) is 5.33. The minimum atomic E-state index is -4.71. The van der Waals surface area contributed by atoms with Gasteiger partial charge < -0.3 is 25.2 Å². The quantitative estimate of drug-likeness (QED) is 0.0233. The summed E-state index contributed by atoms with van der Waals surface area (Å²) < 4.78 is 32.6. The van der Waals surface area contributed by atoms with Gasteiger partial charge >= 0.3 is 25.7 Å². The molecule has 3 atom stereocenters. The second-order valence-electron chi connectivity index (χ2n) is 14.5. The second-order valence-corrected chi connectivity index (χ2v) is 15.9. The Morgan fingerprint density at radius 3 is 1.39 bits per heavy atom. The summed E-state index contributed by atoms with van der Waals surface area (Å²) in [6.07, 6.45) is 38.1. The van der Waals surface area contributed by atoms with E-state index < -0.39 is 51.1 Å². The molecule has 1 unspecified atom stereocenters. The topological polar surface area (TPSA) is 172 Å². The molecule has 0 radical (unpaired) electrons. The van der Waals surface area contributed by atoms with Crippen LogP contribution >= 0.6 is 7.82 Å². The molecule has 0 aromatic heterocycles. The van der Waals surface area contributed by atoms with E-state index in [0.29, 0.717) is 12.8 Å².